The van der Waals surface area contributed by atoms with Gasteiger partial charge in [-0.15, -0.1) is 0 Å². The van der Waals surface area contributed by atoms with Crippen LogP contribution >= 0.6 is 0 Å². The molecule has 0 saturated carbocycles. The smallest absolute Gasteiger partial charge is 0.321 e. The topological polar surface area (TPSA) is 55.8 Å². The van der Waals surface area contributed by atoms with Gasteiger partial charge in [0.1, 0.15) is 0 Å². The van der Waals surface area contributed by atoms with Crippen molar-refractivity contribution in [3.05, 3.63) is 0 Å². The Morgan fingerprint density at radius 1 is 0.920 bits per heavy atom. The zero-order chi connectivity index (χ0) is 19.1. The first kappa shape index (κ1) is 23.5. The van der Waals surface area contributed by atoms with Crippen LogP contribution in [0.25, 0.3) is 0 Å². The molecular weight excluding hydrogens is 318 g/mol. The first-order valence-electron chi connectivity index (χ1n) is 9.55. The van der Waals surface area contributed by atoms with Crippen molar-refractivity contribution in [2.24, 2.45) is 11.8 Å². The second kappa shape index (κ2) is 14.8. The summed E-state index contributed by atoms with van der Waals surface area (Å²) in [4.78, 5) is 26.5. The lowest BCUT2D eigenvalue weighted by atomic mass is 9.94. The number of esters is 2. The molecule has 0 fully saturated rings. The summed E-state index contributed by atoms with van der Waals surface area (Å²) in [5.74, 6) is 3.66. The minimum atomic E-state index is -0.980. The third kappa shape index (κ3) is 10.1. The molecule has 144 valence electrons. The molecule has 0 rings (SSSR count). The maximum absolute atomic E-state index is 12.1. The molecule has 25 heavy (non-hydrogen) atoms. The summed E-state index contributed by atoms with van der Waals surface area (Å²) in [6.45, 7) is 12.7. The van der Waals surface area contributed by atoms with E-state index in [1.54, 1.807) is 20.8 Å². The van der Waals surface area contributed by atoms with Crippen molar-refractivity contribution >= 4 is 11.9 Å². The Bertz CT molecular complexity index is 413. The van der Waals surface area contributed by atoms with E-state index in [0.717, 1.165) is 38.8 Å². The van der Waals surface area contributed by atoms with Crippen molar-refractivity contribution in [1.29, 1.82) is 0 Å². The average Bonchev–Trinajstić information content (AvgIpc) is 2.57. The van der Waals surface area contributed by atoms with Crippen LogP contribution in [0.4, 0.5) is 0 Å². The van der Waals surface area contributed by atoms with Gasteiger partial charge in [-0.2, -0.15) is 0 Å². The average molecular weight is 354 g/mol. The minimum Gasteiger partial charge on any atom is -0.465 e. The fraction of sp³-hybridized carbons (Fsp3) is 0.800. The summed E-state index contributed by atoms with van der Waals surface area (Å²) in [5.41, 5.74) is 0. The maximum Gasteiger partial charge on any atom is 0.321 e. The number of unbranched alkanes of at least 4 members (excludes halogenated alkanes) is 2. The molecule has 0 spiro atoms. The molecule has 5 heteroatoms. The van der Waals surface area contributed by atoms with Crippen molar-refractivity contribution in [2.75, 3.05) is 32.8 Å². The maximum atomic E-state index is 12.1. The molecule has 0 aliphatic rings. The molecule has 0 aliphatic heterocycles. The summed E-state index contributed by atoms with van der Waals surface area (Å²) in [5, 5.41) is 0. The summed E-state index contributed by atoms with van der Waals surface area (Å²) in [6, 6.07) is 0. The van der Waals surface area contributed by atoms with Gasteiger partial charge in [-0.1, -0.05) is 38.5 Å². The van der Waals surface area contributed by atoms with Crippen LogP contribution in [-0.4, -0.2) is 49.7 Å². The molecule has 0 aromatic heterocycles. The highest BCUT2D eigenvalue weighted by Crippen LogP contribution is 2.15. The van der Waals surface area contributed by atoms with E-state index in [-0.39, 0.29) is 13.2 Å². The number of ether oxygens (including phenoxy) is 2. The van der Waals surface area contributed by atoms with E-state index in [1.807, 2.05) is 0 Å². The second-order valence-corrected chi connectivity index (χ2v) is 6.07. The summed E-state index contributed by atoms with van der Waals surface area (Å²) in [6.07, 6.45) is 4.60. The third-order valence-electron chi connectivity index (χ3n) is 3.87. The van der Waals surface area contributed by atoms with Crippen molar-refractivity contribution in [3.63, 3.8) is 0 Å². The van der Waals surface area contributed by atoms with Crippen LogP contribution in [-0.2, 0) is 19.1 Å². The van der Waals surface area contributed by atoms with Gasteiger partial charge in [0, 0.05) is 5.92 Å². The Balaban J connectivity index is 4.89. The predicted molar refractivity (Wildman–Crippen MR) is 100.0 cm³/mol. The van der Waals surface area contributed by atoms with E-state index < -0.39 is 23.8 Å². The lowest BCUT2D eigenvalue weighted by molar-refractivity contribution is -0.163. The van der Waals surface area contributed by atoms with Gasteiger partial charge in [0.05, 0.1) is 19.8 Å². The van der Waals surface area contributed by atoms with E-state index in [4.69, 9.17) is 9.47 Å². The molecule has 1 atom stereocenters. The van der Waals surface area contributed by atoms with Gasteiger partial charge in [0.2, 0.25) is 0 Å². The standard InChI is InChI=1S/C20H35NO4/c1-6-10-14-21(15-11-7-2)16-12-13-17(5)18(19(22)24-8-3)20(23)25-9-4/h17-18H,6-11,14-16H2,1-5H3/t17-/m0/s1. The number of hydrogen-bond donors (Lipinski definition) is 0. The van der Waals surface area contributed by atoms with Crippen LogP contribution in [0.15, 0.2) is 0 Å². The van der Waals surface area contributed by atoms with Gasteiger partial charge in [0.25, 0.3) is 0 Å². The number of rotatable bonds is 12. The SMILES string of the molecule is CCCCN(CC#C[C@H](C)C(C(=O)OCC)C(=O)OCC)CCCC. The molecule has 0 aromatic carbocycles. The van der Waals surface area contributed by atoms with Gasteiger partial charge in [0.15, 0.2) is 5.92 Å². The second-order valence-electron chi connectivity index (χ2n) is 6.07. The highest BCUT2D eigenvalue weighted by atomic mass is 16.6. The first-order chi connectivity index (χ1) is 12.0. The van der Waals surface area contributed by atoms with Crippen LogP contribution in [0.5, 0.6) is 0 Å². The van der Waals surface area contributed by atoms with Crippen LogP contribution in [0.3, 0.4) is 0 Å². The third-order valence-corrected chi connectivity index (χ3v) is 3.87. The molecule has 0 aliphatic carbocycles. The number of carbonyl (C=O) groups excluding carboxylic acids is 2. The molecule has 0 N–H and O–H groups in total. The molecule has 0 saturated heterocycles. The monoisotopic (exact) mass is 353 g/mol. The molecule has 0 aromatic rings. The van der Waals surface area contributed by atoms with E-state index in [1.165, 1.54) is 0 Å². The predicted octanol–water partition coefficient (Wildman–Crippen LogP) is 3.27. The van der Waals surface area contributed by atoms with E-state index in [9.17, 15) is 9.59 Å². The summed E-state index contributed by atoms with van der Waals surface area (Å²) in [7, 11) is 0. The fourth-order valence-electron chi connectivity index (χ4n) is 2.40. The Morgan fingerprint density at radius 2 is 1.40 bits per heavy atom. The fourth-order valence-corrected chi connectivity index (χ4v) is 2.40. The number of hydrogen-bond acceptors (Lipinski definition) is 5. The van der Waals surface area contributed by atoms with Gasteiger partial charge in [-0.3, -0.25) is 14.5 Å². The van der Waals surface area contributed by atoms with Gasteiger partial charge in [-0.05, 0) is 46.7 Å². The van der Waals surface area contributed by atoms with Crippen LogP contribution in [0.2, 0.25) is 0 Å². The molecule has 0 amide bonds. The molecular formula is C20H35NO4. The summed E-state index contributed by atoms with van der Waals surface area (Å²) < 4.78 is 10.0. The molecule has 5 nitrogen and oxygen atoms in total. The summed E-state index contributed by atoms with van der Waals surface area (Å²) >= 11 is 0. The molecule has 0 unspecified atom stereocenters. The first-order valence-corrected chi connectivity index (χ1v) is 9.55. The number of carbonyl (C=O) groups is 2. The zero-order valence-electron chi connectivity index (χ0n) is 16.6. The Labute approximate surface area is 153 Å². The van der Waals surface area contributed by atoms with Gasteiger partial charge >= 0.3 is 11.9 Å². The van der Waals surface area contributed by atoms with Crippen molar-refractivity contribution in [1.82, 2.24) is 4.90 Å². The van der Waals surface area contributed by atoms with E-state index in [2.05, 4.69) is 30.6 Å². The lowest BCUT2D eigenvalue weighted by Gasteiger charge is -2.19. The van der Waals surface area contributed by atoms with Gasteiger partial charge < -0.3 is 9.47 Å². The Morgan fingerprint density at radius 3 is 1.80 bits per heavy atom. The lowest BCUT2D eigenvalue weighted by Crippen LogP contribution is -2.33. The van der Waals surface area contributed by atoms with E-state index in [0.29, 0.717) is 6.54 Å². The molecule has 0 bridgehead atoms. The Hall–Kier alpha value is -1.54. The molecule has 0 radical (unpaired) electrons. The van der Waals surface area contributed by atoms with Crippen molar-refractivity contribution in [2.45, 2.75) is 60.3 Å². The van der Waals surface area contributed by atoms with Crippen molar-refractivity contribution in [3.8, 4) is 11.8 Å². The quantitative estimate of drug-likeness (QED) is 0.306. The highest BCUT2D eigenvalue weighted by molar-refractivity contribution is 5.95. The van der Waals surface area contributed by atoms with Crippen molar-refractivity contribution < 1.29 is 19.1 Å². The minimum absolute atomic E-state index is 0.233. The van der Waals surface area contributed by atoms with Crippen LogP contribution in [0, 0.1) is 23.7 Å². The van der Waals surface area contributed by atoms with Crippen LogP contribution < -0.4 is 0 Å². The van der Waals surface area contributed by atoms with Crippen LogP contribution in [0.1, 0.15) is 60.3 Å². The number of nitrogens with zero attached hydrogens (tertiary/aromatic N) is 1. The van der Waals surface area contributed by atoms with Gasteiger partial charge in [-0.25, -0.2) is 0 Å². The van der Waals surface area contributed by atoms with E-state index >= 15 is 0 Å². The largest absolute Gasteiger partial charge is 0.465 e. The zero-order valence-corrected chi connectivity index (χ0v) is 16.6. The Kier molecular flexibility index (Phi) is 13.9. The molecule has 0 heterocycles. The normalized spacial score (nSPS) is 11.8. The highest BCUT2D eigenvalue weighted by Gasteiger charge is 2.34.